The molecule has 0 atom stereocenters. The van der Waals surface area contributed by atoms with E-state index in [0.717, 1.165) is 0 Å². The van der Waals surface area contributed by atoms with E-state index in [-0.39, 0.29) is 17.4 Å². The molecule has 0 aliphatic rings. The van der Waals surface area contributed by atoms with Gasteiger partial charge in [0.15, 0.2) is 20.2 Å². The van der Waals surface area contributed by atoms with Crippen LogP contribution in [0.1, 0.15) is 0 Å². The second-order valence-corrected chi connectivity index (χ2v) is 0.998. The van der Waals surface area contributed by atoms with Crippen LogP contribution in [0.5, 0.6) is 0 Å². The van der Waals surface area contributed by atoms with Gasteiger partial charge in [-0.05, 0) is 0 Å². The third-order valence-electron chi connectivity index (χ3n) is 0. The Morgan fingerprint density at radius 1 is 0.538 bits per heavy atom. The van der Waals surface area contributed by atoms with Crippen molar-refractivity contribution in [2.45, 2.75) is 0 Å². The predicted molar refractivity (Wildman–Crippen MR) is 48.1 cm³/mol. The molecule has 0 amide bonds. The molecule has 0 aromatic rings. The van der Waals surface area contributed by atoms with Gasteiger partial charge < -0.3 is 31.2 Å². The smallest absolute Gasteiger partial charge is 0.613 e. The maximum Gasteiger partial charge on any atom is 3.00 e. The van der Waals surface area contributed by atoms with Crippen LogP contribution in [0.25, 0.3) is 0 Å². The zero-order valence-electron chi connectivity index (χ0n) is 6.49. The monoisotopic (exact) mass is 207 g/mol. The second kappa shape index (κ2) is 16.7. The summed E-state index contributed by atoms with van der Waals surface area (Å²) in [6, 6.07) is 0. The molecule has 0 saturated carbocycles. The van der Waals surface area contributed by atoms with E-state index < -0.39 is 14.7 Å². The van der Waals surface area contributed by atoms with Crippen LogP contribution >= 0.6 is 0 Å². The Bertz CT molecular complexity index is 121. The fraction of sp³-hybridized carbons (Fsp3) is 0. The molecule has 0 bridgehead atoms. The van der Waals surface area contributed by atoms with E-state index in [1.165, 1.54) is 0 Å². The Kier molecular flexibility index (Phi) is 29.0. The van der Waals surface area contributed by atoms with Crippen molar-refractivity contribution < 1.29 is 14.7 Å². The number of nitrogens with zero attached hydrogens (tertiary/aromatic N) is 3. The van der Waals surface area contributed by atoms with Crippen molar-refractivity contribution in [3.05, 3.63) is 31.2 Å². The van der Waals surface area contributed by atoms with Crippen LogP contribution in [0.3, 0.4) is 0 Å². The van der Waals surface area contributed by atoms with Gasteiger partial charge in [-0.25, -0.2) is 0 Å². The van der Waals surface area contributed by atoms with E-state index in [4.69, 9.17) is 31.2 Å². The van der Waals surface area contributed by atoms with Gasteiger partial charge in [0, 0.05) is 0 Å². The van der Waals surface area contributed by atoms with Crippen molar-refractivity contribution in [2.75, 3.05) is 0 Å². The Balaban J connectivity index is -0.0000000450. The van der Waals surface area contributed by atoms with Gasteiger partial charge in [0.2, 0.25) is 0 Å². The van der Waals surface area contributed by atoms with Gasteiger partial charge in [0.05, 0.1) is 0 Å². The number of hydrogen-bond acceptors (Lipinski definition) is 6. The maximum atomic E-state index is 8.69. The SMILES string of the molecule is C=[N+]([O-])[O-].C=[N+]([O-])[O-].C=[N+]([O-])[O-].[Al+3]. The van der Waals surface area contributed by atoms with Gasteiger partial charge in [-0.1, -0.05) is 0 Å². The Morgan fingerprint density at radius 2 is 0.538 bits per heavy atom. The second-order valence-electron chi connectivity index (χ2n) is 0.998. The first-order valence-corrected chi connectivity index (χ1v) is 2.04. The molecule has 72 valence electrons. The first kappa shape index (κ1) is 22.5. The molecule has 0 rings (SSSR count). The summed E-state index contributed by atoms with van der Waals surface area (Å²) in [5.41, 5.74) is 0. The van der Waals surface area contributed by atoms with Gasteiger partial charge in [0.1, 0.15) is 0 Å². The molecule has 0 radical (unpaired) electrons. The van der Waals surface area contributed by atoms with Gasteiger partial charge in [-0.15, -0.1) is 0 Å². The fourth-order valence-electron chi connectivity index (χ4n) is 0. The molecular weight excluding hydrogens is 201 g/mol. The summed E-state index contributed by atoms with van der Waals surface area (Å²) in [4.78, 5) is -2.25. The van der Waals surface area contributed by atoms with E-state index in [9.17, 15) is 0 Å². The van der Waals surface area contributed by atoms with E-state index in [2.05, 4.69) is 20.2 Å². The Morgan fingerprint density at radius 3 is 0.538 bits per heavy atom. The largest absolute Gasteiger partial charge is 3.00 e. The van der Waals surface area contributed by atoms with Crippen LogP contribution < -0.4 is 0 Å². The van der Waals surface area contributed by atoms with Crippen LogP contribution in [0, 0.1) is 31.2 Å². The van der Waals surface area contributed by atoms with Crippen LogP contribution in [-0.4, -0.2) is 52.2 Å². The van der Waals surface area contributed by atoms with E-state index in [0.29, 0.717) is 0 Å². The molecule has 0 aliphatic heterocycles. The van der Waals surface area contributed by atoms with E-state index >= 15 is 0 Å². The van der Waals surface area contributed by atoms with Gasteiger partial charge in [-0.3, -0.25) is 0 Å². The van der Waals surface area contributed by atoms with Crippen molar-refractivity contribution in [3.63, 3.8) is 0 Å². The minimum Gasteiger partial charge on any atom is -0.613 e. The van der Waals surface area contributed by atoms with Crippen LogP contribution in [0.15, 0.2) is 0 Å². The third-order valence-corrected chi connectivity index (χ3v) is 0. The predicted octanol–water partition coefficient (Wildman–Crippen LogP) is -1.30. The quantitative estimate of drug-likeness (QED) is 0.208. The Hall–Kier alpha value is -1.66. The molecular formula is C3H6AlN3O6. The molecule has 0 fully saturated rings. The molecule has 0 aromatic heterocycles. The number of hydrogen-bond donors (Lipinski definition) is 0. The summed E-state index contributed by atoms with van der Waals surface area (Å²) >= 11 is 0. The van der Waals surface area contributed by atoms with E-state index in [1.807, 2.05) is 0 Å². The molecule has 0 spiro atoms. The summed E-state index contributed by atoms with van der Waals surface area (Å²) in [6.07, 6.45) is 0. The summed E-state index contributed by atoms with van der Waals surface area (Å²) < 4.78 is 0. The molecule has 0 aliphatic carbocycles. The van der Waals surface area contributed by atoms with Crippen molar-refractivity contribution in [3.8, 4) is 0 Å². The van der Waals surface area contributed by atoms with Crippen molar-refractivity contribution in [1.29, 1.82) is 0 Å². The van der Waals surface area contributed by atoms with Crippen LogP contribution in [0.2, 0.25) is 0 Å². The third kappa shape index (κ3) is 262. The van der Waals surface area contributed by atoms with Gasteiger partial charge in [0.25, 0.3) is 0 Å². The fourth-order valence-corrected chi connectivity index (χ4v) is 0. The van der Waals surface area contributed by atoms with Gasteiger partial charge in [-0.2, -0.15) is 14.7 Å². The number of rotatable bonds is 0. The molecule has 13 heavy (non-hydrogen) atoms. The molecule has 0 saturated heterocycles. The normalized spacial score (nSPS) is 5.54. The van der Waals surface area contributed by atoms with Gasteiger partial charge >= 0.3 is 17.4 Å². The summed E-state index contributed by atoms with van der Waals surface area (Å²) in [5.74, 6) is 0. The summed E-state index contributed by atoms with van der Waals surface area (Å²) in [7, 11) is 0. The minimum atomic E-state index is -0.750. The zero-order chi connectivity index (χ0) is 10.7. The average molecular weight is 207 g/mol. The standard InChI is InChI=1S/3CH2NO2.Al/c3*1-2(3)4;/h3*1H2;/q3*-1;+3. The molecule has 0 aromatic carbocycles. The first-order valence-electron chi connectivity index (χ1n) is 2.04. The van der Waals surface area contributed by atoms with E-state index in [1.54, 1.807) is 0 Å². The average Bonchev–Trinajstić information content (AvgIpc) is 1.54. The van der Waals surface area contributed by atoms with Crippen molar-refractivity contribution >= 4 is 37.5 Å². The maximum absolute atomic E-state index is 8.69. The molecule has 0 N–H and O–H groups in total. The molecule has 10 heteroatoms. The van der Waals surface area contributed by atoms with Crippen molar-refractivity contribution in [1.82, 2.24) is 0 Å². The zero-order valence-corrected chi connectivity index (χ0v) is 7.64. The topological polar surface area (TPSA) is 147 Å². The van der Waals surface area contributed by atoms with Crippen LogP contribution in [0.4, 0.5) is 0 Å². The molecule has 0 unspecified atom stereocenters. The first-order chi connectivity index (χ1) is 5.20. The molecule has 0 heterocycles. The summed E-state index contributed by atoms with van der Waals surface area (Å²) in [5, 5.41) is 52.2. The van der Waals surface area contributed by atoms with Crippen LogP contribution in [-0.2, 0) is 0 Å². The molecule has 9 nitrogen and oxygen atoms in total. The Labute approximate surface area is 84.2 Å². The summed E-state index contributed by atoms with van der Waals surface area (Å²) in [6.45, 7) is 7.08. The minimum absolute atomic E-state index is 0. The van der Waals surface area contributed by atoms with Crippen molar-refractivity contribution in [2.24, 2.45) is 0 Å².